The molecule has 21 heavy (non-hydrogen) atoms. The Balaban J connectivity index is 2.32. The van der Waals surface area contributed by atoms with Crippen LogP contribution >= 0.6 is 0 Å². The SMILES string of the molecule is COc1cc(OC)c2c(c1O)OC(C)=C(C)C2=C1CCC1. The highest BCUT2D eigenvalue weighted by Crippen LogP contribution is 2.54. The lowest BCUT2D eigenvalue weighted by atomic mass is 9.80. The van der Waals surface area contributed by atoms with Crippen LogP contribution in [0, 0.1) is 0 Å². The number of allylic oxidation sites excluding steroid dienone is 4. The Morgan fingerprint density at radius 1 is 1.10 bits per heavy atom. The van der Waals surface area contributed by atoms with E-state index in [0.29, 0.717) is 17.2 Å². The highest BCUT2D eigenvalue weighted by atomic mass is 16.5. The van der Waals surface area contributed by atoms with E-state index in [1.165, 1.54) is 19.1 Å². The molecule has 1 fully saturated rings. The van der Waals surface area contributed by atoms with Gasteiger partial charge in [0.2, 0.25) is 5.75 Å². The number of methoxy groups -OCH3 is 2. The van der Waals surface area contributed by atoms with Crippen LogP contribution in [-0.4, -0.2) is 19.3 Å². The first kappa shape index (κ1) is 13.9. The highest BCUT2D eigenvalue weighted by Gasteiger charge is 2.32. The largest absolute Gasteiger partial charge is 0.502 e. The van der Waals surface area contributed by atoms with Crippen LogP contribution in [0.1, 0.15) is 38.7 Å². The molecule has 2 aliphatic rings. The Labute approximate surface area is 124 Å². The number of aromatic hydroxyl groups is 1. The molecule has 4 nitrogen and oxygen atoms in total. The number of phenolic OH excluding ortho intramolecular Hbond substituents is 1. The van der Waals surface area contributed by atoms with Crippen molar-refractivity contribution in [3.63, 3.8) is 0 Å². The number of benzene rings is 1. The van der Waals surface area contributed by atoms with Crippen molar-refractivity contribution in [1.82, 2.24) is 0 Å². The van der Waals surface area contributed by atoms with E-state index in [9.17, 15) is 5.11 Å². The summed E-state index contributed by atoms with van der Waals surface area (Å²) in [7, 11) is 3.14. The van der Waals surface area contributed by atoms with Gasteiger partial charge in [-0.2, -0.15) is 0 Å². The fraction of sp³-hybridized carbons (Fsp3) is 0.412. The molecule has 1 N–H and O–H groups in total. The van der Waals surface area contributed by atoms with E-state index in [4.69, 9.17) is 14.2 Å². The molecule has 4 heteroatoms. The maximum absolute atomic E-state index is 10.4. The standard InChI is InChI=1S/C17H20O4/c1-9-10(2)21-17-15(14(9)11-6-5-7-11)12(19-3)8-13(20-4)16(17)18/h8,18H,5-7H2,1-4H3. The second-order valence-corrected chi connectivity index (χ2v) is 5.45. The number of ether oxygens (including phenoxy) is 3. The summed E-state index contributed by atoms with van der Waals surface area (Å²) < 4.78 is 16.6. The Kier molecular flexibility index (Phi) is 3.32. The van der Waals surface area contributed by atoms with Gasteiger partial charge in [0.25, 0.3) is 0 Å². The van der Waals surface area contributed by atoms with E-state index in [2.05, 4.69) is 6.92 Å². The van der Waals surface area contributed by atoms with Crippen molar-refractivity contribution in [3.05, 3.63) is 28.5 Å². The first-order valence-electron chi connectivity index (χ1n) is 7.14. The van der Waals surface area contributed by atoms with Crippen LogP contribution in [0.5, 0.6) is 23.0 Å². The first-order chi connectivity index (χ1) is 10.1. The minimum Gasteiger partial charge on any atom is -0.502 e. The number of hydrogen-bond acceptors (Lipinski definition) is 4. The van der Waals surface area contributed by atoms with E-state index in [-0.39, 0.29) is 5.75 Å². The van der Waals surface area contributed by atoms with Crippen molar-refractivity contribution >= 4 is 5.57 Å². The molecule has 0 saturated heterocycles. The van der Waals surface area contributed by atoms with Crippen LogP contribution < -0.4 is 14.2 Å². The summed E-state index contributed by atoms with van der Waals surface area (Å²) >= 11 is 0. The van der Waals surface area contributed by atoms with Gasteiger partial charge in [-0.25, -0.2) is 0 Å². The third-order valence-corrected chi connectivity index (χ3v) is 4.34. The van der Waals surface area contributed by atoms with Gasteiger partial charge in [0, 0.05) is 6.07 Å². The van der Waals surface area contributed by atoms with Crippen LogP contribution in [0.2, 0.25) is 0 Å². The molecule has 0 aromatic heterocycles. The summed E-state index contributed by atoms with van der Waals surface area (Å²) in [5.41, 5.74) is 4.52. The van der Waals surface area contributed by atoms with Crippen LogP contribution in [0.4, 0.5) is 0 Å². The van der Waals surface area contributed by atoms with E-state index in [1.54, 1.807) is 13.2 Å². The Bertz CT molecular complexity index is 662. The Hall–Kier alpha value is -2.10. The van der Waals surface area contributed by atoms with Crippen molar-refractivity contribution < 1.29 is 19.3 Å². The first-order valence-corrected chi connectivity index (χ1v) is 7.14. The predicted octanol–water partition coefficient (Wildman–Crippen LogP) is 4.03. The van der Waals surface area contributed by atoms with Crippen LogP contribution in [0.25, 0.3) is 5.57 Å². The molecule has 1 aliphatic carbocycles. The number of fused-ring (bicyclic) bond motifs is 1. The molecule has 0 unspecified atom stereocenters. The lowest BCUT2D eigenvalue weighted by Crippen LogP contribution is -2.12. The number of hydrogen-bond donors (Lipinski definition) is 1. The third-order valence-electron chi connectivity index (χ3n) is 4.34. The molecule has 1 heterocycles. The lowest BCUT2D eigenvalue weighted by molar-refractivity contribution is 0.331. The van der Waals surface area contributed by atoms with E-state index in [0.717, 1.165) is 35.3 Å². The van der Waals surface area contributed by atoms with Gasteiger partial charge in [-0.15, -0.1) is 0 Å². The van der Waals surface area contributed by atoms with Gasteiger partial charge >= 0.3 is 0 Å². The molecule has 1 aromatic rings. The summed E-state index contributed by atoms with van der Waals surface area (Å²) in [6.45, 7) is 3.97. The molecule has 3 rings (SSSR count). The maximum Gasteiger partial charge on any atom is 0.202 e. The average Bonchev–Trinajstić information content (AvgIpc) is 2.43. The lowest BCUT2D eigenvalue weighted by Gasteiger charge is -2.30. The minimum absolute atomic E-state index is 0.0255. The van der Waals surface area contributed by atoms with E-state index < -0.39 is 0 Å². The smallest absolute Gasteiger partial charge is 0.202 e. The fourth-order valence-corrected chi connectivity index (χ4v) is 2.89. The van der Waals surface area contributed by atoms with Crippen LogP contribution in [-0.2, 0) is 0 Å². The third kappa shape index (κ3) is 1.97. The maximum atomic E-state index is 10.4. The van der Waals surface area contributed by atoms with Gasteiger partial charge in [0.05, 0.1) is 19.8 Å². The van der Waals surface area contributed by atoms with Crippen molar-refractivity contribution in [2.75, 3.05) is 14.2 Å². The quantitative estimate of drug-likeness (QED) is 0.892. The van der Waals surface area contributed by atoms with Gasteiger partial charge in [-0.3, -0.25) is 0 Å². The van der Waals surface area contributed by atoms with Gasteiger partial charge in [0.1, 0.15) is 11.5 Å². The highest BCUT2D eigenvalue weighted by molar-refractivity contribution is 5.91. The molecule has 1 saturated carbocycles. The van der Waals surface area contributed by atoms with Crippen LogP contribution in [0.15, 0.2) is 23.0 Å². The van der Waals surface area contributed by atoms with Crippen molar-refractivity contribution in [2.24, 2.45) is 0 Å². The minimum atomic E-state index is 0.0255. The molecule has 0 spiro atoms. The second kappa shape index (κ2) is 5.02. The summed E-state index contributed by atoms with van der Waals surface area (Å²) in [6, 6.07) is 1.71. The number of rotatable bonds is 2. The normalized spacial score (nSPS) is 17.1. The summed E-state index contributed by atoms with van der Waals surface area (Å²) in [5, 5.41) is 10.4. The fourth-order valence-electron chi connectivity index (χ4n) is 2.89. The molecular formula is C17H20O4. The zero-order valence-electron chi connectivity index (χ0n) is 12.9. The van der Waals surface area contributed by atoms with E-state index >= 15 is 0 Å². The summed E-state index contributed by atoms with van der Waals surface area (Å²) in [4.78, 5) is 0. The van der Waals surface area contributed by atoms with Gasteiger partial charge in [-0.05, 0) is 44.3 Å². The molecule has 1 aromatic carbocycles. The summed E-state index contributed by atoms with van der Waals surface area (Å²) in [5.74, 6) is 2.29. The second-order valence-electron chi connectivity index (χ2n) is 5.45. The zero-order chi connectivity index (χ0) is 15.1. The van der Waals surface area contributed by atoms with Gasteiger partial charge < -0.3 is 19.3 Å². The molecule has 1 aliphatic heterocycles. The van der Waals surface area contributed by atoms with Crippen molar-refractivity contribution in [2.45, 2.75) is 33.1 Å². The molecular weight excluding hydrogens is 268 g/mol. The topological polar surface area (TPSA) is 47.9 Å². The Morgan fingerprint density at radius 2 is 1.76 bits per heavy atom. The van der Waals surface area contributed by atoms with Gasteiger partial charge in [-0.1, -0.05) is 5.57 Å². The van der Waals surface area contributed by atoms with Crippen molar-refractivity contribution in [1.29, 1.82) is 0 Å². The molecule has 0 radical (unpaired) electrons. The Morgan fingerprint density at radius 3 is 2.29 bits per heavy atom. The van der Waals surface area contributed by atoms with Crippen LogP contribution in [0.3, 0.4) is 0 Å². The summed E-state index contributed by atoms with van der Waals surface area (Å²) in [6.07, 6.45) is 3.40. The number of phenols is 1. The van der Waals surface area contributed by atoms with Crippen molar-refractivity contribution in [3.8, 4) is 23.0 Å². The zero-order valence-corrected chi connectivity index (χ0v) is 12.9. The molecule has 0 bridgehead atoms. The average molecular weight is 288 g/mol. The van der Waals surface area contributed by atoms with E-state index in [1.807, 2.05) is 6.92 Å². The molecule has 112 valence electrons. The molecule has 0 atom stereocenters. The monoisotopic (exact) mass is 288 g/mol. The molecule has 0 amide bonds. The predicted molar refractivity (Wildman–Crippen MR) is 81.0 cm³/mol. The van der Waals surface area contributed by atoms with Gasteiger partial charge in [0.15, 0.2) is 11.5 Å².